The van der Waals surface area contributed by atoms with Crippen molar-refractivity contribution in [1.82, 2.24) is 4.98 Å². The van der Waals surface area contributed by atoms with Gasteiger partial charge in [0.2, 0.25) is 0 Å². The third-order valence-electron chi connectivity index (χ3n) is 4.57. The Hall–Kier alpha value is -1.81. The minimum absolute atomic E-state index is 0.0569. The van der Waals surface area contributed by atoms with Crippen LogP contribution >= 0.6 is 0 Å². The molecule has 1 atom stereocenters. The Balaban J connectivity index is 1.70. The molecule has 0 saturated carbocycles. The topological polar surface area (TPSA) is 55.2 Å². The minimum atomic E-state index is 0.0569. The summed E-state index contributed by atoms with van der Waals surface area (Å²) in [7, 11) is 0. The molecule has 4 heteroatoms. The average Bonchev–Trinajstić information content (AvgIpc) is 3.06. The zero-order valence-electron chi connectivity index (χ0n) is 13.4. The molecule has 0 aromatic carbocycles. The van der Waals surface area contributed by atoms with Gasteiger partial charge in [-0.2, -0.15) is 0 Å². The number of aromatic nitrogens is 1. The summed E-state index contributed by atoms with van der Waals surface area (Å²) in [5.41, 5.74) is 4.16. The van der Waals surface area contributed by atoms with Gasteiger partial charge in [0, 0.05) is 11.3 Å². The SMILES string of the molecule is Cc1ccoc1COCc1cc2c(c(=O)[nH]1)[C@@H](C(C)C)CC2. The van der Waals surface area contributed by atoms with Gasteiger partial charge in [-0.3, -0.25) is 4.79 Å². The maximum atomic E-state index is 12.4. The highest BCUT2D eigenvalue weighted by molar-refractivity contribution is 5.34. The van der Waals surface area contributed by atoms with E-state index >= 15 is 0 Å². The van der Waals surface area contributed by atoms with Crippen LogP contribution < -0.4 is 5.56 Å². The Morgan fingerprint density at radius 2 is 2.23 bits per heavy atom. The number of aryl methyl sites for hydroxylation is 2. The van der Waals surface area contributed by atoms with Gasteiger partial charge in [0.05, 0.1) is 12.9 Å². The highest BCUT2D eigenvalue weighted by Crippen LogP contribution is 2.35. The summed E-state index contributed by atoms with van der Waals surface area (Å²) in [5.74, 6) is 1.73. The molecule has 0 bridgehead atoms. The standard InChI is InChI=1S/C18H23NO3/c1-11(2)15-5-4-13-8-14(19-18(20)17(13)15)9-21-10-16-12(3)6-7-22-16/h6-8,11,15H,4-5,9-10H2,1-3H3,(H,19,20)/t15-/m1/s1. The predicted octanol–water partition coefficient (Wildman–Crippen LogP) is 3.68. The lowest BCUT2D eigenvalue weighted by Crippen LogP contribution is -2.19. The fourth-order valence-corrected chi connectivity index (χ4v) is 3.30. The van der Waals surface area contributed by atoms with Crippen molar-refractivity contribution in [1.29, 1.82) is 0 Å². The van der Waals surface area contributed by atoms with Crippen molar-refractivity contribution < 1.29 is 9.15 Å². The monoisotopic (exact) mass is 301 g/mol. The Kier molecular flexibility index (Phi) is 4.21. The summed E-state index contributed by atoms with van der Waals surface area (Å²) < 4.78 is 11.0. The number of rotatable bonds is 5. The number of aromatic amines is 1. The second-order valence-corrected chi connectivity index (χ2v) is 6.47. The average molecular weight is 301 g/mol. The van der Waals surface area contributed by atoms with E-state index < -0.39 is 0 Å². The van der Waals surface area contributed by atoms with Crippen molar-refractivity contribution in [2.75, 3.05) is 0 Å². The van der Waals surface area contributed by atoms with Crippen molar-refractivity contribution in [3.05, 3.63) is 56.9 Å². The third-order valence-corrected chi connectivity index (χ3v) is 4.57. The second kappa shape index (κ2) is 6.13. The second-order valence-electron chi connectivity index (χ2n) is 6.47. The summed E-state index contributed by atoms with van der Waals surface area (Å²) in [5, 5.41) is 0. The van der Waals surface area contributed by atoms with Gasteiger partial charge in [-0.1, -0.05) is 13.8 Å². The molecule has 2 aromatic heterocycles. The van der Waals surface area contributed by atoms with Crippen LogP contribution in [0.2, 0.25) is 0 Å². The number of fused-ring (bicyclic) bond motifs is 1. The van der Waals surface area contributed by atoms with Crippen molar-refractivity contribution in [3.8, 4) is 0 Å². The molecule has 0 spiro atoms. The van der Waals surface area contributed by atoms with Crippen LogP contribution in [0.3, 0.4) is 0 Å². The molecule has 1 aliphatic carbocycles. The lowest BCUT2D eigenvalue weighted by Gasteiger charge is -2.15. The van der Waals surface area contributed by atoms with Crippen LogP contribution in [0.5, 0.6) is 0 Å². The number of ether oxygens (including phenoxy) is 1. The highest BCUT2D eigenvalue weighted by atomic mass is 16.5. The van der Waals surface area contributed by atoms with E-state index in [-0.39, 0.29) is 5.56 Å². The van der Waals surface area contributed by atoms with Gasteiger partial charge >= 0.3 is 0 Å². The minimum Gasteiger partial charge on any atom is -0.467 e. The van der Waals surface area contributed by atoms with Gasteiger partial charge in [0.1, 0.15) is 12.4 Å². The van der Waals surface area contributed by atoms with Gasteiger partial charge < -0.3 is 14.1 Å². The summed E-state index contributed by atoms with van der Waals surface area (Å²) in [6.45, 7) is 7.18. The van der Waals surface area contributed by atoms with E-state index in [1.165, 1.54) is 5.56 Å². The Morgan fingerprint density at radius 1 is 1.41 bits per heavy atom. The molecule has 3 rings (SSSR count). The number of hydrogen-bond donors (Lipinski definition) is 1. The Labute approximate surface area is 130 Å². The van der Waals surface area contributed by atoms with Crippen LogP contribution in [-0.4, -0.2) is 4.98 Å². The van der Waals surface area contributed by atoms with Gasteiger partial charge in [-0.05, 0) is 54.9 Å². The molecule has 0 radical (unpaired) electrons. The fraction of sp³-hybridized carbons (Fsp3) is 0.500. The maximum absolute atomic E-state index is 12.4. The van der Waals surface area contributed by atoms with Crippen molar-refractivity contribution in [2.45, 2.75) is 52.7 Å². The van der Waals surface area contributed by atoms with E-state index in [1.807, 2.05) is 13.0 Å². The van der Waals surface area contributed by atoms with Crippen molar-refractivity contribution in [2.24, 2.45) is 5.92 Å². The molecule has 0 fully saturated rings. The zero-order valence-corrected chi connectivity index (χ0v) is 13.4. The molecule has 22 heavy (non-hydrogen) atoms. The molecule has 118 valence electrons. The molecule has 2 heterocycles. The van der Waals surface area contributed by atoms with Crippen LogP contribution in [0.1, 0.15) is 54.3 Å². The molecular formula is C18H23NO3. The lowest BCUT2D eigenvalue weighted by atomic mass is 9.91. The number of nitrogens with one attached hydrogen (secondary N) is 1. The van der Waals surface area contributed by atoms with E-state index in [0.29, 0.717) is 25.0 Å². The summed E-state index contributed by atoms with van der Waals surface area (Å²) in [6.07, 6.45) is 3.73. The first-order valence-electron chi connectivity index (χ1n) is 7.92. The van der Waals surface area contributed by atoms with Crippen LogP contribution in [0, 0.1) is 12.8 Å². The van der Waals surface area contributed by atoms with Gasteiger partial charge in [0.15, 0.2) is 0 Å². The van der Waals surface area contributed by atoms with Crippen molar-refractivity contribution in [3.63, 3.8) is 0 Å². The summed E-state index contributed by atoms with van der Waals surface area (Å²) in [4.78, 5) is 15.3. The van der Waals surface area contributed by atoms with Gasteiger partial charge in [-0.25, -0.2) is 0 Å². The van der Waals surface area contributed by atoms with E-state index in [0.717, 1.165) is 35.4 Å². The van der Waals surface area contributed by atoms with Crippen molar-refractivity contribution >= 4 is 0 Å². The first-order valence-corrected chi connectivity index (χ1v) is 7.92. The van der Waals surface area contributed by atoms with E-state index in [4.69, 9.17) is 9.15 Å². The molecule has 4 nitrogen and oxygen atoms in total. The maximum Gasteiger partial charge on any atom is 0.251 e. The van der Waals surface area contributed by atoms with Crippen LogP contribution in [-0.2, 0) is 24.4 Å². The van der Waals surface area contributed by atoms with Gasteiger partial charge in [-0.15, -0.1) is 0 Å². The van der Waals surface area contributed by atoms with E-state index in [1.54, 1.807) is 6.26 Å². The molecule has 0 aliphatic heterocycles. The summed E-state index contributed by atoms with van der Waals surface area (Å²) >= 11 is 0. The highest BCUT2D eigenvalue weighted by Gasteiger charge is 2.28. The smallest absolute Gasteiger partial charge is 0.251 e. The van der Waals surface area contributed by atoms with E-state index in [2.05, 4.69) is 24.9 Å². The molecule has 1 aliphatic rings. The Morgan fingerprint density at radius 3 is 2.91 bits per heavy atom. The lowest BCUT2D eigenvalue weighted by molar-refractivity contribution is 0.0899. The van der Waals surface area contributed by atoms with Crippen LogP contribution in [0.25, 0.3) is 0 Å². The normalized spacial score (nSPS) is 17.2. The Bertz CT molecular complexity index is 711. The quantitative estimate of drug-likeness (QED) is 0.916. The number of pyridine rings is 1. The fourth-order valence-electron chi connectivity index (χ4n) is 3.30. The molecule has 2 aromatic rings. The first-order chi connectivity index (χ1) is 10.6. The van der Waals surface area contributed by atoms with Crippen LogP contribution in [0.4, 0.5) is 0 Å². The molecular weight excluding hydrogens is 278 g/mol. The molecule has 0 unspecified atom stereocenters. The summed E-state index contributed by atoms with van der Waals surface area (Å²) in [6, 6.07) is 4.01. The van der Waals surface area contributed by atoms with Crippen LogP contribution in [0.15, 0.2) is 27.6 Å². The predicted molar refractivity (Wildman–Crippen MR) is 84.9 cm³/mol. The first kappa shape index (κ1) is 15.1. The molecule has 0 saturated heterocycles. The van der Waals surface area contributed by atoms with E-state index in [9.17, 15) is 4.79 Å². The molecule has 0 amide bonds. The third kappa shape index (κ3) is 2.88. The largest absolute Gasteiger partial charge is 0.467 e. The number of hydrogen-bond acceptors (Lipinski definition) is 3. The number of H-pyrrole nitrogens is 1. The molecule has 1 N–H and O–H groups in total. The number of furan rings is 1. The zero-order chi connectivity index (χ0) is 15.7. The van der Waals surface area contributed by atoms with Gasteiger partial charge in [0.25, 0.3) is 5.56 Å².